The quantitative estimate of drug-likeness (QED) is 0.799. The largest absolute Gasteiger partial charge is 0.486 e. The van der Waals surface area contributed by atoms with Crippen LogP contribution in [0.4, 0.5) is 0 Å². The van der Waals surface area contributed by atoms with Crippen LogP contribution in [0.2, 0.25) is 0 Å². The highest BCUT2D eigenvalue weighted by atomic mass is 16.5. The molecule has 0 saturated carbocycles. The number of carbonyl (C=O) groups excluding carboxylic acids is 2. The summed E-state index contributed by atoms with van der Waals surface area (Å²) >= 11 is 0. The van der Waals surface area contributed by atoms with Crippen molar-refractivity contribution in [1.82, 2.24) is 4.90 Å². The number of benzene rings is 1. The highest BCUT2D eigenvalue weighted by Crippen LogP contribution is 2.41. The van der Waals surface area contributed by atoms with Crippen molar-refractivity contribution in [2.75, 3.05) is 13.1 Å². The van der Waals surface area contributed by atoms with Gasteiger partial charge in [-0.05, 0) is 31.0 Å². The SMILES string of the molecule is Cc1ccc2c(c1C)OC1(CCN(C(=O)CC#N)CC1)CC2=O. The number of likely N-dealkylation sites (tertiary alicyclic amines) is 1. The predicted octanol–water partition coefficient (Wildman–Crippen LogP) is 2.54. The molecule has 0 aliphatic carbocycles. The number of hydrogen-bond acceptors (Lipinski definition) is 4. The van der Waals surface area contributed by atoms with Crippen LogP contribution in [0.3, 0.4) is 0 Å². The normalized spacial score (nSPS) is 19.0. The summed E-state index contributed by atoms with van der Waals surface area (Å²) in [7, 11) is 0. The van der Waals surface area contributed by atoms with Crippen molar-refractivity contribution < 1.29 is 14.3 Å². The fourth-order valence-corrected chi connectivity index (χ4v) is 3.40. The highest BCUT2D eigenvalue weighted by Gasteiger charge is 2.44. The molecule has 1 fully saturated rings. The van der Waals surface area contributed by atoms with E-state index in [1.54, 1.807) is 4.90 Å². The van der Waals surface area contributed by atoms with Crippen molar-refractivity contribution in [3.8, 4) is 11.8 Å². The molecular weight excluding hydrogens is 292 g/mol. The molecule has 120 valence electrons. The summed E-state index contributed by atoms with van der Waals surface area (Å²) in [6, 6.07) is 5.69. The van der Waals surface area contributed by atoms with Gasteiger partial charge in [0, 0.05) is 25.9 Å². The van der Waals surface area contributed by atoms with Crippen LogP contribution in [0.1, 0.15) is 47.2 Å². The van der Waals surface area contributed by atoms with E-state index in [4.69, 9.17) is 10.00 Å². The Bertz CT molecular complexity index is 710. The molecule has 0 aromatic heterocycles. The van der Waals surface area contributed by atoms with Gasteiger partial charge < -0.3 is 9.64 Å². The molecule has 2 heterocycles. The van der Waals surface area contributed by atoms with Crippen molar-refractivity contribution in [3.05, 3.63) is 28.8 Å². The molecule has 0 unspecified atom stereocenters. The topological polar surface area (TPSA) is 70.4 Å². The minimum Gasteiger partial charge on any atom is -0.486 e. The number of Topliss-reactive ketones (excluding diaryl/α,β-unsaturated/α-hetero) is 1. The molecule has 0 radical (unpaired) electrons. The number of fused-ring (bicyclic) bond motifs is 1. The van der Waals surface area contributed by atoms with Crippen molar-refractivity contribution >= 4 is 11.7 Å². The molecule has 1 aromatic carbocycles. The summed E-state index contributed by atoms with van der Waals surface area (Å²) in [5.74, 6) is 0.682. The highest BCUT2D eigenvalue weighted by molar-refractivity contribution is 6.01. The summed E-state index contributed by atoms with van der Waals surface area (Å²) in [6.45, 7) is 5.06. The minimum atomic E-state index is -0.508. The van der Waals surface area contributed by atoms with Crippen molar-refractivity contribution in [1.29, 1.82) is 5.26 Å². The first-order valence-electron chi connectivity index (χ1n) is 7.93. The van der Waals surface area contributed by atoms with Gasteiger partial charge in [0.1, 0.15) is 17.8 Å². The number of piperidine rings is 1. The summed E-state index contributed by atoms with van der Waals surface area (Å²) in [5, 5.41) is 8.64. The second-order valence-electron chi connectivity index (χ2n) is 6.48. The molecule has 0 bridgehead atoms. The Kier molecular flexibility index (Phi) is 3.85. The maximum atomic E-state index is 12.5. The zero-order valence-corrected chi connectivity index (χ0v) is 13.5. The number of aryl methyl sites for hydroxylation is 1. The van der Waals surface area contributed by atoms with Crippen LogP contribution >= 0.6 is 0 Å². The average molecular weight is 312 g/mol. The molecule has 0 N–H and O–H groups in total. The van der Waals surface area contributed by atoms with E-state index >= 15 is 0 Å². The van der Waals surface area contributed by atoms with Crippen molar-refractivity contribution in [3.63, 3.8) is 0 Å². The zero-order valence-electron chi connectivity index (χ0n) is 13.5. The fourth-order valence-electron chi connectivity index (χ4n) is 3.40. The lowest BCUT2D eigenvalue weighted by Gasteiger charge is -2.44. The molecule has 0 atom stereocenters. The van der Waals surface area contributed by atoms with Gasteiger partial charge in [0.25, 0.3) is 0 Å². The summed E-state index contributed by atoms with van der Waals surface area (Å²) in [5.41, 5.74) is 2.28. The Hall–Kier alpha value is -2.35. The first-order valence-corrected chi connectivity index (χ1v) is 7.93. The van der Waals surface area contributed by atoms with E-state index in [-0.39, 0.29) is 18.1 Å². The lowest BCUT2D eigenvalue weighted by molar-refractivity contribution is -0.133. The number of nitrogens with zero attached hydrogens (tertiary/aromatic N) is 2. The number of carbonyl (C=O) groups is 2. The molecule has 2 aliphatic heterocycles. The second-order valence-corrected chi connectivity index (χ2v) is 6.48. The molecule has 23 heavy (non-hydrogen) atoms. The third-order valence-electron chi connectivity index (χ3n) is 5.04. The van der Waals surface area contributed by atoms with Gasteiger partial charge in [0.15, 0.2) is 5.78 Å². The number of ketones is 1. The van der Waals surface area contributed by atoms with Crippen LogP contribution in [0.15, 0.2) is 12.1 Å². The lowest BCUT2D eigenvalue weighted by atomic mass is 9.81. The van der Waals surface area contributed by atoms with Crippen LogP contribution in [0.5, 0.6) is 5.75 Å². The Labute approximate surface area is 135 Å². The maximum absolute atomic E-state index is 12.5. The zero-order chi connectivity index (χ0) is 16.6. The molecule has 5 heteroatoms. The Morgan fingerprint density at radius 3 is 2.70 bits per heavy atom. The summed E-state index contributed by atoms with van der Waals surface area (Å²) < 4.78 is 6.31. The summed E-state index contributed by atoms with van der Waals surface area (Å²) in [6.07, 6.45) is 1.53. The first-order chi connectivity index (χ1) is 11.0. The second kappa shape index (κ2) is 5.69. The van der Waals surface area contributed by atoms with E-state index in [1.807, 2.05) is 32.0 Å². The number of amides is 1. The first kappa shape index (κ1) is 15.5. The van der Waals surface area contributed by atoms with Crippen LogP contribution in [-0.4, -0.2) is 35.3 Å². The number of rotatable bonds is 1. The van der Waals surface area contributed by atoms with Gasteiger partial charge in [-0.1, -0.05) is 6.07 Å². The standard InChI is InChI=1S/C18H20N2O3/c1-12-3-4-14-15(21)11-18(23-17(14)13(12)2)6-9-20(10-7-18)16(22)5-8-19/h3-4H,5-7,9-11H2,1-2H3. The summed E-state index contributed by atoms with van der Waals surface area (Å²) in [4.78, 5) is 26.1. The van der Waals surface area contributed by atoms with Crippen molar-refractivity contribution in [2.45, 2.75) is 45.1 Å². The molecule has 2 aliphatic rings. The maximum Gasteiger partial charge on any atom is 0.236 e. The van der Waals surface area contributed by atoms with Gasteiger partial charge in [0.2, 0.25) is 5.91 Å². The fraction of sp³-hybridized carbons (Fsp3) is 0.500. The van der Waals surface area contributed by atoms with Gasteiger partial charge in [-0.25, -0.2) is 0 Å². The third-order valence-corrected chi connectivity index (χ3v) is 5.04. The molecule has 1 aromatic rings. The van der Waals surface area contributed by atoms with Gasteiger partial charge in [-0.2, -0.15) is 5.26 Å². The van der Waals surface area contributed by atoms with Crippen LogP contribution < -0.4 is 4.74 Å². The number of hydrogen-bond donors (Lipinski definition) is 0. The Morgan fingerprint density at radius 2 is 2.04 bits per heavy atom. The van der Waals surface area contributed by atoms with Gasteiger partial charge in [-0.15, -0.1) is 0 Å². The number of nitriles is 1. The molecule has 1 spiro atoms. The third kappa shape index (κ3) is 2.70. The number of ether oxygens (including phenoxy) is 1. The smallest absolute Gasteiger partial charge is 0.236 e. The predicted molar refractivity (Wildman–Crippen MR) is 84.3 cm³/mol. The van der Waals surface area contributed by atoms with E-state index in [0.717, 1.165) is 11.1 Å². The van der Waals surface area contributed by atoms with E-state index in [2.05, 4.69) is 0 Å². The molecule has 1 amide bonds. The average Bonchev–Trinajstić information content (AvgIpc) is 2.52. The van der Waals surface area contributed by atoms with Gasteiger partial charge >= 0.3 is 0 Å². The van der Waals surface area contributed by atoms with E-state index < -0.39 is 5.60 Å². The van der Waals surface area contributed by atoms with Crippen LogP contribution in [-0.2, 0) is 4.79 Å². The van der Waals surface area contributed by atoms with E-state index in [0.29, 0.717) is 43.7 Å². The molecular formula is C18H20N2O3. The van der Waals surface area contributed by atoms with Gasteiger partial charge in [-0.3, -0.25) is 9.59 Å². The van der Waals surface area contributed by atoms with Gasteiger partial charge in [0.05, 0.1) is 18.1 Å². The Balaban J connectivity index is 1.81. The van der Waals surface area contributed by atoms with E-state index in [9.17, 15) is 9.59 Å². The van der Waals surface area contributed by atoms with Crippen molar-refractivity contribution in [2.24, 2.45) is 0 Å². The van der Waals surface area contributed by atoms with Crippen LogP contribution in [0, 0.1) is 25.2 Å². The molecule has 3 rings (SSSR count). The molecule has 1 saturated heterocycles. The van der Waals surface area contributed by atoms with Crippen LogP contribution in [0.25, 0.3) is 0 Å². The lowest BCUT2D eigenvalue weighted by Crippen LogP contribution is -2.52. The minimum absolute atomic E-state index is 0.0894. The monoisotopic (exact) mass is 312 g/mol. The van der Waals surface area contributed by atoms with E-state index in [1.165, 1.54) is 0 Å². The molecule has 5 nitrogen and oxygen atoms in total. The Morgan fingerprint density at radius 1 is 1.35 bits per heavy atom.